The molecule has 4 N–H and O–H groups in total. The molecule has 10 heteroatoms. The molecule has 5 aromatic rings. The minimum absolute atomic E-state index is 0.0250. The van der Waals surface area contributed by atoms with E-state index in [2.05, 4.69) is 24.3 Å². The zero-order chi connectivity index (χ0) is 28.7. The zero-order valence-corrected chi connectivity index (χ0v) is 23.8. The number of hydrogen-bond acceptors (Lipinski definition) is 4. The molecule has 0 saturated carbocycles. The van der Waals surface area contributed by atoms with Crippen LogP contribution in [-0.2, 0) is 15.6 Å². The van der Waals surface area contributed by atoms with Gasteiger partial charge in [-0.2, -0.15) is 0 Å². The predicted octanol–water partition coefficient (Wildman–Crippen LogP) is 6.70. The van der Waals surface area contributed by atoms with Crippen LogP contribution >= 0.6 is 15.6 Å². The molecule has 0 heterocycles. The Labute approximate surface area is 240 Å². The van der Waals surface area contributed by atoms with Crippen LogP contribution < -0.4 is 9.05 Å². The average Bonchev–Trinajstić information content (AvgIpc) is 3.60. The number of phosphoric ester groups is 2. The van der Waals surface area contributed by atoms with Crippen molar-refractivity contribution in [3.05, 3.63) is 117 Å². The van der Waals surface area contributed by atoms with E-state index >= 15 is 0 Å². The number of phosphoric acid groups is 2. The van der Waals surface area contributed by atoms with Gasteiger partial charge in [0, 0.05) is 40.0 Å². The van der Waals surface area contributed by atoms with Gasteiger partial charge in [0.25, 0.3) is 0 Å². The Bertz CT molecular complexity index is 2140. The Morgan fingerprint density at radius 3 is 1.57 bits per heavy atom. The lowest BCUT2D eigenvalue weighted by molar-refractivity contribution is 0.275. The van der Waals surface area contributed by atoms with Gasteiger partial charge < -0.3 is 9.05 Å². The van der Waals surface area contributed by atoms with Crippen molar-refractivity contribution in [1.82, 2.24) is 0 Å². The molecule has 4 aliphatic carbocycles. The lowest BCUT2D eigenvalue weighted by Gasteiger charge is -2.36. The summed E-state index contributed by atoms with van der Waals surface area (Å²) in [6.45, 7) is 0. The summed E-state index contributed by atoms with van der Waals surface area (Å²) < 4.78 is 36.0. The van der Waals surface area contributed by atoms with Gasteiger partial charge in [-0.05, 0) is 62.6 Å². The molecule has 0 spiro atoms. The first-order chi connectivity index (χ1) is 20.1. The van der Waals surface area contributed by atoms with Crippen molar-refractivity contribution >= 4 is 37.2 Å². The summed E-state index contributed by atoms with van der Waals surface area (Å²) in [6.07, 6.45) is 1.03. The number of hydrogen-bond donors (Lipinski definition) is 4. The molecule has 0 aliphatic heterocycles. The van der Waals surface area contributed by atoms with Crippen molar-refractivity contribution in [1.29, 1.82) is 0 Å². The highest BCUT2D eigenvalue weighted by Crippen LogP contribution is 2.71. The van der Waals surface area contributed by atoms with E-state index in [0.29, 0.717) is 35.1 Å². The van der Waals surface area contributed by atoms with E-state index in [-0.39, 0.29) is 35.2 Å². The van der Waals surface area contributed by atoms with Gasteiger partial charge in [-0.1, -0.05) is 72.8 Å². The smallest absolute Gasteiger partial charge is 0.404 e. The van der Waals surface area contributed by atoms with E-state index in [4.69, 9.17) is 9.05 Å². The van der Waals surface area contributed by atoms with Gasteiger partial charge in [0.15, 0.2) is 0 Å². The van der Waals surface area contributed by atoms with Crippen molar-refractivity contribution in [3.8, 4) is 11.5 Å². The molecule has 4 aliphatic rings. The molecule has 0 amide bonds. The summed E-state index contributed by atoms with van der Waals surface area (Å²) in [4.78, 5) is 40.4. The van der Waals surface area contributed by atoms with Crippen LogP contribution in [0.3, 0.4) is 0 Å². The third kappa shape index (κ3) is 3.39. The van der Waals surface area contributed by atoms with Crippen LogP contribution in [0.2, 0.25) is 0 Å². The fourth-order valence-electron chi connectivity index (χ4n) is 8.36. The zero-order valence-electron chi connectivity index (χ0n) is 22.0. The Morgan fingerprint density at radius 2 is 1.05 bits per heavy atom. The molecule has 4 atom stereocenters. The Kier molecular flexibility index (Phi) is 4.84. The normalized spacial score (nSPS) is 22.8. The van der Waals surface area contributed by atoms with E-state index in [0.717, 1.165) is 43.8 Å². The minimum Gasteiger partial charge on any atom is -0.404 e. The third-order valence-electron chi connectivity index (χ3n) is 9.74. The first-order valence-corrected chi connectivity index (χ1v) is 16.9. The van der Waals surface area contributed by atoms with Crippen molar-refractivity contribution in [2.45, 2.75) is 36.5 Å². The molecule has 0 saturated heterocycles. The molecule has 8 nitrogen and oxygen atoms in total. The minimum atomic E-state index is -4.99. The number of benzene rings is 5. The Balaban J connectivity index is 1.33. The van der Waals surface area contributed by atoms with E-state index in [9.17, 15) is 28.7 Å². The van der Waals surface area contributed by atoms with Crippen LogP contribution in [0.4, 0.5) is 0 Å². The predicted molar refractivity (Wildman–Crippen MR) is 156 cm³/mol. The van der Waals surface area contributed by atoms with Crippen molar-refractivity contribution in [2.24, 2.45) is 0 Å². The highest BCUT2D eigenvalue weighted by molar-refractivity contribution is 7.47. The molecule has 9 rings (SSSR count). The van der Waals surface area contributed by atoms with Crippen molar-refractivity contribution in [2.75, 3.05) is 0 Å². The van der Waals surface area contributed by atoms with E-state index in [1.54, 1.807) is 0 Å². The molecular weight excluding hydrogens is 574 g/mol. The van der Waals surface area contributed by atoms with Crippen LogP contribution in [0.5, 0.6) is 11.5 Å². The van der Waals surface area contributed by atoms with Gasteiger partial charge in [-0.3, -0.25) is 19.6 Å². The molecule has 210 valence electrons. The van der Waals surface area contributed by atoms with E-state index in [1.165, 1.54) is 0 Å². The second-order valence-corrected chi connectivity index (χ2v) is 14.2. The molecule has 0 fully saturated rings. The summed E-state index contributed by atoms with van der Waals surface area (Å²) in [6, 6.07) is 24.5. The first kappa shape index (κ1) is 25.1. The van der Waals surface area contributed by atoms with Crippen LogP contribution in [-0.4, -0.2) is 19.6 Å². The Hall–Kier alpha value is -3.48. The number of rotatable bonds is 4. The fraction of sp³-hybridized carbons (Fsp3) is 0.188. The van der Waals surface area contributed by atoms with Crippen molar-refractivity contribution in [3.63, 3.8) is 0 Å². The summed E-state index contributed by atoms with van der Waals surface area (Å²) in [5, 5.41) is 4.24. The van der Waals surface area contributed by atoms with Gasteiger partial charge in [-0.15, -0.1) is 0 Å². The molecule has 0 unspecified atom stereocenters. The first-order valence-electron chi connectivity index (χ1n) is 13.8. The molecule has 2 bridgehead atoms. The van der Waals surface area contributed by atoms with Crippen molar-refractivity contribution < 1.29 is 37.8 Å². The monoisotopic (exact) mass is 598 g/mol. The maximum absolute atomic E-state index is 12.5. The van der Waals surface area contributed by atoms with E-state index in [1.807, 2.05) is 48.5 Å². The third-order valence-corrected chi connectivity index (χ3v) is 10.6. The van der Waals surface area contributed by atoms with Gasteiger partial charge in [-0.25, -0.2) is 9.13 Å². The fourth-order valence-corrected chi connectivity index (χ4v) is 9.24. The largest absolute Gasteiger partial charge is 0.524 e. The maximum Gasteiger partial charge on any atom is 0.524 e. The van der Waals surface area contributed by atoms with Gasteiger partial charge >= 0.3 is 15.6 Å². The van der Waals surface area contributed by atoms with Gasteiger partial charge in [0.05, 0.1) is 0 Å². The molecule has 42 heavy (non-hydrogen) atoms. The molecule has 0 radical (unpaired) electrons. The highest BCUT2D eigenvalue weighted by Gasteiger charge is 2.54. The summed E-state index contributed by atoms with van der Waals surface area (Å²) >= 11 is 0. The van der Waals surface area contributed by atoms with Crippen LogP contribution in [0.15, 0.2) is 72.8 Å². The Morgan fingerprint density at radius 1 is 0.595 bits per heavy atom. The lowest BCUT2D eigenvalue weighted by atomic mass is 9.67. The highest BCUT2D eigenvalue weighted by atomic mass is 31.2. The van der Waals surface area contributed by atoms with Crippen LogP contribution in [0, 0.1) is 0 Å². The second-order valence-electron chi connectivity index (χ2n) is 11.8. The van der Waals surface area contributed by atoms with Crippen LogP contribution in [0.25, 0.3) is 21.5 Å². The second kappa shape index (κ2) is 8.12. The van der Waals surface area contributed by atoms with Crippen LogP contribution in [0.1, 0.15) is 74.6 Å². The van der Waals surface area contributed by atoms with E-state index < -0.39 is 15.6 Å². The molecule has 0 aromatic heterocycles. The standard InChI is InChI=1S/C32H24O8P2/c33-41(34,35)39-31-26-14-23-21-11-17-7-3-4-8-18(17)12-22(21)27(23)30(26)32(40-42(36,37)38)29-25-13-24(28(29)31)19-9-15-5-1-2-6-16(15)10-20(19)25/h1-12,23-25,27H,13-14H2,(H2,33,34,35)(H2,36,37,38)/t23-,24-,25+,27+/m0/s1. The SMILES string of the molecule is O=P(O)(O)Oc1c2c(c(OP(=O)(O)O)c3c1[C@H]1C[C@@H]3c3cc4ccccc4cc31)[C@@H]1c3cc4ccccc4cc3[C@@H]1C2. The lowest BCUT2D eigenvalue weighted by Crippen LogP contribution is -2.22. The summed E-state index contributed by atoms with van der Waals surface area (Å²) in [5.41, 5.74) is 6.51. The summed E-state index contributed by atoms with van der Waals surface area (Å²) in [5.74, 6) is -0.486. The molecular formula is C32H24O8P2. The quantitative estimate of drug-likeness (QED) is 0.168. The van der Waals surface area contributed by atoms with Gasteiger partial charge in [0.1, 0.15) is 11.5 Å². The average molecular weight is 598 g/mol. The molecule has 5 aromatic carbocycles. The number of fused-ring (bicyclic) bond motifs is 16. The topological polar surface area (TPSA) is 134 Å². The van der Waals surface area contributed by atoms with Gasteiger partial charge in [0.2, 0.25) is 0 Å². The maximum atomic E-state index is 12.5. The summed E-state index contributed by atoms with van der Waals surface area (Å²) in [7, 11) is -9.97.